The van der Waals surface area contributed by atoms with E-state index in [9.17, 15) is 34.8 Å². The first-order chi connectivity index (χ1) is 16.6. The van der Waals surface area contributed by atoms with Crippen LogP contribution in [0.2, 0.25) is 0 Å². The average molecular weight is 510 g/mol. The number of aliphatic hydroxyl groups is 3. The minimum Gasteiger partial charge on any atom is -0.479 e. The summed E-state index contributed by atoms with van der Waals surface area (Å²) in [6.45, 7) is 4.41. The molecule has 6 atom stereocenters. The number of hydrogen-bond donors (Lipinski definition) is 5. The van der Waals surface area contributed by atoms with Crippen molar-refractivity contribution in [3.8, 4) is 0 Å². The largest absolute Gasteiger partial charge is 0.479 e. The third-order valence-corrected chi connectivity index (χ3v) is 7.87. The van der Waals surface area contributed by atoms with Gasteiger partial charge in [-0.1, -0.05) is 11.8 Å². The summed E-state index contributed by atoms with van der Waals surface area (Å²) in [6.07, 6.45) is -9.83. The van der Waals surface area contributed by atoms with Crippen molar-refractivity contribution in [2.75, 3.05) is 31.1 Å². The van der Waals surface area contributed by atoms with Crippen LogP contribution in [0.3, 0.4) is 0 Å². The van der Waals surface area contributed by atoms with E-state index in [1.807, 2.05) is 11.8 Å². The topological polar surface area (TPSA) is 162 Å². The van der Waals surface area contributed by atoms with Crippen molar-refractivity contribution in [1.29, 1.82) is 0 Å². The van der Waals surface area contributed by atoms with Crippen molar-refractivity contribution < 1.29 is 39.1 Å². The smallest absolute Gasteiger partial charge is 0.335 e. The molecule has 5 rings (SSSR count). The number of ketones is 1. The Hall–Kier alpha value is -2.55. The molecule has 3 unspecified atom stereocenters. The van der Waals surface area contributed by atoms with Crippen LogP contribution in [-0.2, 0) is 9.53 Å². The van der Waals surface area contributed by atoms with Crippen molar-refractivity contribution >= 4 is 40.1 Å². The number of anilines is 1. The number of ether oxygens (including phenoxy) is 1. The van der Waals surface area contributed by atoms with E-state index in [2.05, 4.69) is 5.32 Å². The van der Waals surface area contributed by atoms with E-state index in [-0.39, 0.29) is 21.3 Å². The number of aliphatic hydroxyl groups excluding tert-OH is 3. The van der Waals surface area contributed by atoms with Gasteiger partial charge in [-0.25, -0.2) is 9.18 Å². The second-order valence-corrected chi connectivity index (χ2v) is 10.1. The highest BCUT2D eigenvalue weighted by molar-refractivity contribution is 8.00. The Labute approximate surface area is 202 Å². The van der Waals surface area contributed by atoms with E-state index < -0.39 is 53.5 Å². The van der Waals surface area contributed by atoms with Crippen LogP contribution < -0.4 is 15.6 Å². The molecule has 0 radical (unpaired) electrons. The number of thioether (sulfide) groups is 1. The third-order valence-electron chi connectivity index (χ3n) is 6.69. The van der Waals surface area contributed by atoms with Crippen molar-refractivity contribution in [3.05, 3.63) is 33.7 Å². The predicted molar refractivity (Wildman–Crippen MR) is 122 cm³/mol. The molecule has 3 aliphatic rings. The minimum atomic E-state index is -1.99. The number of pyridine rings is 1. The summed E-state index contributed by atoms with van der Waals surface area (Å²) >= 11 is 1.22. The standard InChI is InChI=1S/C22H24FN3O8S/c1-8-26-11-7-12(25-4-2-24-3-5-25)10(23)6-9(11)14(27)13(21(26)35-8)15(28)19-17(30)16(29)18(31)20(34-19)22(32)33/h6-8,16-20,24,29-31H,2-5H2,1H3,(H,32,33)/t8?,16-,17+,18+,19?,20?/m1/s1. The van der Waals surface area contributed by atoms with Gasteiger partial charge in [0.05, 0.1) is 27.2 Å². The fourth-order valence-electron chi connectivity index (χ4n) is 4.84. The molecule has 35 heavy (non-hydrogen) atoms. The molecule has 1 aromatic carbocycles. The summed E-state index contributed by atoms with van der Waals surface area (Å²) < 4.78 is 22.0. The SMILES string of the molecule is CC1Sc2c(C(=O)C3OC(C(=O)O)[C@@H](O)[C@H](O)[C@@H]3O)c(=O)c3cc(F)c(N4CCNCC4)cc3n21. The van der Waals surface area contributed by atoms with E-state index in [4.69, 9.17) is 4.74 Å². The quantitative estimate of drug-likeness (QED) is 0.331. The molecule has 11 nitrogen and oxygen atoms in total. The zero-order valence-corrected chi connectivity index (χ0v) is 19.4. The van der Waals surface area contributed by atoms with Crippen LogP contribution >= 0.6 is 11.8 Å². The summed E-state index contributed by atoms with van der Waals surface area (Å²) in [7, 11) is 0. The molecular formula is C22H24FN3O8S. The fraction of sp³-hybridized carbons (Fsp3) is 0.500. The highest BCUT2D eigenvalue weighted by Gasteiger charge is 2.50. The molecule has 0 bridgehead atoms. The van der Waals surface area contributed by atoms with Gasteiger partial charge < -0.3 is 39.9 Å². The van der Waals surface area contributed by atoms with Crippen LogP contribution in [0, 0.1) is 5.82 Å². The monoisotopic (exact) mass is 509 g/mol. The molecule has 13 heteroatoms. The van der Waals surface area contributed by atoms with Gasteiger partial charge in [-0.15, -0.1) is 0 Å². The second-order valence-electron chi connectivity index (χ2n) is 8.81. The summed E-state index contributed by atoms with van der Waals surface area (Å²) in [4.78, 5) is 40.1. The maximum Gasteiger partial charge on any atom is 0.335 e. The number of aromatic nitrogens is 1. The summed E-state index contributed by atoms with van der Waals surface area (Å²) in [5, 5.41) is 42.9. The number of piperazine rings is 1. The van der Waals surface area contributed by atoms with Gasteiger partial charge >= 0.3 is 5.97 Å². The number of benzene rings is 1. The number of rotatable bonds is 4. The number of fused-ring (bicyclic) bond motifs is 3. The first-order valence-electron chi connectivity index (χ1n) is 11.1. The maximum absolute atomic E-state index is 15.1. The lowest BCUT2D eigenvalue weighted by Crippen LogP contribution is -2.62. The number of nitrogens with one attached hydrogen (secondary N) is 1. The van der Waals surface area contributed by atoms with Gasteiger partial charge in [-0.3, -0.25) is 9.59 Å². The second kappa shape index (κ2) is 8.84. The van der Waals surface area contributed by atoms with E-state index in [1.165, 1.54) is 11.8 Å². The Morgan fingerprint density at radius 3 is 2.40 bits per heavy atom. The normalized spacial score (nSPS) is 30.6. The molecule has 0 saturated carbocycles. The summed E-state index contributed by atoms with van der Waals surface area (Å²) in [5.74, 6) is -3.31. The Bertz CT molecular complexity index is 1280. The van der Waals surface area contributed by atoms with Gasteiger partial charge in [0.25, 0.3) is 0 Å². The minimum absolute atomic E-state index is 0.0405. The van der Waals surface area contributed by atoms with Crippen molar-refractivity contribution in [3.63, 3.8) is 0 Å². The van der Waals surface area contributed by atoms with Gasteiger partial charge in [-0.2, -0.15) is 0 Å². The molecule has 2 saturated heterocycles. The maximum atomic E-state index is 15.1. The Kier molecular flexibility index (Phi) is 6.10. The fourth-order valence-corrected chi connectivity index (χ4v) is 6.01. The number of carbonyl (C=O) groups excluding carboxylic acids is 1. The van der Waals surface area contributed by atoms with Gasteiger partial charge in [0.1, 0.15) is 24.1 Å². The lowest BCUT2D eigenvalue weighted by Gasteiger charge is -2.39. The summed E-state index contributed by atoms with van der Waals surface area (Å²) in [6, 6.07) is 2.68. The molecule has 2 aromatic rings. The molecule has 0 aliphatic carbocycles. The Balaban J connectivity index is 1.62. The van der Waals surface area contributed by atoms with Crippen molar-refractivity contribution in [1.82, 2.24) is 9.88 Å². The zero-order chi connectivity index (χ0) is 25.2. The van der Waals surface area contributed by atoms with Gasteiger partial charge in [0, 0.05) is 31.6 Å². The van der Waals surface area contributed by atoms with Crippen LogP contribution in [0.4, 0.5) is 10.1 Å². The first kappa shape index (κ1) is 24.2. The number of Topliss-reactive ketones (excluding diaryl/α,β-unsaturated/α-hetero) is 1. The van der Waals surface area contributed by atoms with Crippen LogP contribution in [0.25, 0.3) is 10.9 Å². The van der Waals surface area contributed by atoms with Crippen LogP contribution in [0.5, 0.6) is 0 Å². The molecular weight excluding hydrogens is 485 g/mol. The number of halogens is 1. The number of carboxylic acids is 1. The summed E-state index contributed by atoms with van der Waals surface area (Å²) in [5.41, 5.74) is -0.369. The molecule has 188 valence electrons. The van der Waals surface area contributed by atoms with E-state index in [0.717, 1.165) is 6.07 Å². The number of nitrogens with zero attached hydrogens (tertiary/aromatic N) is 2. The lowest BCUT2D eigenvalue weighted by molar-refractivity contribution is -0.216. The highest BCUT2D eigenvalue weighted by atomic mass is 32.2. The lowest BCUT2D eigenvalue weighted by atomic mass is 9.90. The Morgan fingerprint density at radius 2 is 1.77 bits per heavy atom. The molecule has 3 aliphatic heterocycles. The molecule has 1 aromatic heterocycles. The molecule has 2 fully saturated rings. The van der Waals surface area contributed by atoms with Crippen molar-refractivity contribution in [2.45, 2.75) is 47.8 Å². The van der Waals surface area contributed by atoms with Crippen LogP contribution in [-0.4, -0.2) is 93.4 Å². The third kappa shape index (κ3) is 3.74. The Morgan fingerprint density at radius 1 is 1.11 bits per heavy atom. The van der Waals surface area contributed by atoms with Crippen LogP contribution in [0.15, 0.2) is 22.0 Å². The molecule has 0 amide bonds. The van der Waals surface area contributed by atoms with E-state index >= 15 is 4.39 Å². The first-order valence-corrected chi connectivity index (χ1v) is 12.0. The number of carboxylic acid groups (broad SMARTS) is 1. The number of carbonyl (C=O) groups is 2. The van der Waals surface area contributed by atoms with Crippen molar-refractivity contribution in [2.24, 2.45) is 0 Å². The molecule has 0 spiro atoms. The van der Waals surface area contributed by atoms with Gasteiger partial charge in [0.2, 0.25) is 11.2 Å². The highest BCUT2D eigenvalue weighted by Crippen LogP contribution is 2.47. The van der Waals surface area contributed by atoms with Gasteiger partial charge in [-0.05, 0) is 19.1 Å². The van der Waals surface area contributed by atoms with Gasteiger partial charge in [0.15, 0.2) is 12.2 Å². The zero-order valence-electron chi connectivity index (χ0n) is 18.5. The molecule has 5 N–H and O–H groups in total. The number of aliphatic carboxylic acids is 1. The van der Waals surface area contributed by atoms with Crippen LogP contribution in [0.1, 0.15) is 22.7 Å². The number of hydrogen-bond acceptors (Lipinski definition) is 10. The van der Waals surface area contributed by atoms with E-state index in [1.54, 1.807) is 10.6 Å². The average Bonchev–Trinajstić information content (AvgIpc) is 2.82. The predicted octanol–water partition coefficient (Wildman–Crippen LogP) is -0.708. The van der Waals surface area contributed by atoms with E-state index in [0.29, 0.717) is 37.4 Å². The molecule has 4 heterocycles.